The van der Waals surface area contributed by atoms with Crippen molar-refractivity contribution in [3.05, 3.63) is 71.8 Å². The summed E-state index contributed by atoms with van der Waals surface area (Å²) in [6, 6.07) is 20.2. The number of amides is 1. The van der Waals surface area contributed by atoms with Crippen LogP contribution < -0.4 is 0 Å². The average molecular weight is 267 g/mol. The van der Waals surface area contributed by atoms with Crippen LogP contribution in [0.4, 0.5) is 4.79 Å². The molecule has 2 atom stereocenters. The third kappa shape index (κ3) is 2.39. The Morgan fingerprint density at radius 2 is 1.60 bits per heavy atom. The van der Waals surface area contributed by atoms with Crippen molar-refractivity contribution in [2.24, 2.45) is 0 Å². The first kappa shape index (κ1) is 12.7. The molecular weight excluding hydrogens is 250 g/mol. The van der Waals surface area contributed by atoms with Gasteiger partial charge in [-0.2, -0.15) is 0 Å². The van der Waals surface area contributed by atoms with Gasteiger partial charge in [0.15, 0.2) is 0 Å². The summed E-state index contributed by atoms with van der Waals surface area (Å²) in [6.45, 7) is 0. The summed E-state index contributed by atoms with van der Waals surface area (Å²) in [5, 5.41) is 0. The third-order valence-corrected chi connectivity index (χ3v) is 3.78. The molecule has 3 rings (SSSR count). The highest BCUT2D eigenvalue weighted by Crippen LogP contribution is 2.33. The van der Waals surface area contributed by atoms with Gasteiger partial charge in [-0.3, -0.25) is 0 Å². The predicted molar refractivity (Wildman–Crippen MR) is 77.4 cm³/mol. The largest absolute Gasteiger partial charge is 0.439 e. The molecule has 2 aromatic rings. The van der Waals surface area contributed by atoms with Crippen LogP contribution in [0.2, 0.25) is 0 Å². The lowest BCUT2D eigenvalue weighted by molar-refractivity contribution is 0.130. The molecule has 0 aromatic heterocycles. The summed E-state index contributed by atoms with van der Waals surface area (Å²) in [5.74, 6) is 0. The SMILES string of the molecule is CN1C(=O)O[C@@H](c2ccccc2)[C@H]1Cc1ccccc1. The molecule has 0 aliphatic carbocycles. The predicted octanol–water partition coefficient (Wildman–Crippen LogP) is 3.42. The first-order valence-electron chi connectivity index (χ1n) is 6.78. The van der Waals surface area contributed by atoms with Crippen molar-refractivity contribution >= 4 is 6.09 Å². The number of carbonyl (C=O) groups excluding carboxylic acids is 1. The van der Waals surface area contributed by atoms with Crippen LogP contribution in [0.3, 0.4) is 0 Å². The first-order valence-corrected chi connectivity index (χ1v) is 6.78. The van der Waals surface area contributed by atoms with Crippen molar-refractivity contribution in [3.8, 4) is 0 Å². The summed E-state index contributed by atoms with van der Waals surface area (Å²) in [6.07, 6.45) is 0.344. The van der Waals surface area contributed by atoms with E-state index in [0.717, 1.165) is 12.0 Å². The Labute approximate surface area is 118 Å². The second-order valence-electron chi connectivity index (χ2n) is 5.08. The van der Waals surface area contributed by atoms with E-state index in [0.29, 0.717) is 0 Å². The van der Waals surface area contributed by atoms with E-state index in [9.17, 15) is 4.79 Å². The van der Waals surface area contributed by atoms with E-state index in [2.05, 4.69) is 12.1 Å². The van der Waals surface area contributed by atoms with Gasteiger partial charge in [-0.15, -0.1) is 0 Å². The average Bonchev–Trinajstić information content (AvgIpc) is 2.78. The Morgan fingerprint density at radius 1 is 1.00 bits per heavy atom. The van der Waals surface area contributed by atoms with E-state index in [1.807, 2.05) is 48.5 Å². The second kappa shape index (κ2) is 5.37. The van der Waals surface area contributed by atoms with E-state index in [4.69, 9.17) is 4.74 Å². The molecule has 102 valence electrons. The number of nitrogens with zero attached hydrogens (tertiary/aromatic N) is 1. The van der Waals surface area contributed by atoms with Gasteiger partial charge in [-0.1, -0.05) is 60.7 Å². The molecule has 3 nitrogen and oxygen atoms in total. The number of carbonyl (C=O) groups is 1. The highest BCUT2D eigenvalue weighted by atomic mass is 16.6. The lowest BCUT2D eigenvalue weighted by Crippen LogP contribution is -2.32. The number of hydrogen-bond donors (Lipinski definition) is 0. The van der Waals surface area contributed by atoms with Crippen LogP contribution in [0.25, 0.3) is 0 Å². The van der Waals surface area contributed by atoms with E-state index in [1.54, 1.807) is 11.9 Å². The molecule has 0 bridgehead atoms. The molecule has 0 N–H and O–H groups in total. The fourth-order valence-electron chi connectivity index (χ4n) is 2.64. The maximum atomic E-state index is 11.9. The molecule has 1 amide bonds. The van der Waals surface area contributed by atoms with Crippen LogP contribution in [0.1, 0.15) is 17.2 Å². The van der Waals surface area contributed by atoms with E-state index in [-0.39, 0.29) is 18.2 Å². The smallest absolute Gasteiger partial charge is 0.410 e. The number of hydrogen-bond acceptors (Lipinski definition) is 2. The molecule has 0 unspecified atom stereocenters. The molecule has 1 saturated heterocycles. The van der Waals surface area contributed by atoms with Gasteiger partial charge < -0.3 is 9.64 Å². The van der Waals surface area contributed by atoms with Gasteiger partial charge in [0.25, 0.3) is 0 Å². The molecule has 1 aliphatic rings. The fourth-order valence-corrected chi connectivity index (χ4v) is 2.64. The second-order valence-corrected chi connectivity index (χ2v) is 5.08. The Balaban J connectivity index is 1.87. The van der Waals surface area contributed by atoms with Crippen molar-refractivity contribution in [2.75, 3.05) is 7.05 Å². The number of cyclic esters (lactones) is 1. The van der Waals surface area contributed by atoms with Crippen LogP contribution in [0.5, 0.6) is 0 Å². The Kier molecular flexibility index (Phi) is 3.42. The highest BCUT2D eigenvalue weighted by molar-refractivity contribution is 5.70. The van der Waals surface area contributed by atoms with Crippen LogP contribution in [0, 0.1) is 0 Å². The van der Waals surface area contributed by atoms with Crippen molar-refractivity contribution < 1.29 is 9.53 Å². The Hall–Kier alpha value is -2.29. The maximum Gasteiger partial charge on any atom is 0.410 e. The monoisotopic (exact) mass is 267 g/mol. The van der Waals surface area contributed by atoms with Crippen LogP contribution in [0.15, 0.2) is 60.7 Å². The minimum absolute atomic E-state index is 0.0345. The molecule has 1 aliphatic heterocycles. The van der Waals surface area contributed by atoms with E-state index in [1.165, 1.54) is 5.56 Å². The summed E-state index contributed by atoms with van der Waals surface area (Å²) in [4.78, 5) is 13.6. The number of likely N-dealkylation sites (N-methyl/N-ethyl adjacent to an activating group) is 1. The molecule has 20 heavy (non-hydrogen) atoms. The minimum atomic E-state index is -0.250. The van der Waals surface area contributed by atoms with Gasteiger partial charge in [-0.25, -0.2) is 4.79 Å². The quantitative estimate of drug-likeness (QED) is 0.852. The van der Waals surface area contributed by atoms with Gasteiger partial charge in [0.05, 0.1) is 6.04 Å². The molecule has 1 heterocycles. The van der Waals surface area contributed by atoms with Gasteiger partial charge in [-0.05, 0) is 17.5 Å². The maximum absolute atomic E-state index is 11.9. The van der Waals surface area contributed by atoms with Crippen LogP contribution >= 0.6 is 0 Å². The highest BCUT2D eigenvalue weighted by Gasteiger charge is 2.40. The summed E-state index contributed by atoms with van der Waals surface area (Å²) >= 11 is 0. The molecule has 0 radical (unpaired) electrons. The molecule has 0 spiro atoms. The van der Waals surface area contributed by atoms with E-state index < -0.39 is 0 Å². The molecule has 1 fully saturated rings. The number of ether oxygens (including phenoxy) is 1. The Bertz CT molecular complexity index is 582. The standard InChI is InChI=1S/C17H17NO2/c1-18-15(12-13-8-4-2-5-9-13)16(20-17(18)19)14-10-6-3-7-11-14/h2-11,15-16H,12H2,1H3/t15-,16+/m1/s1. The zero-order valence-corrected chi connectivity index (χ0v) is 11.4. The van der Waals surface area contributed by atoms with E-state index >= 15 is 0 Å². The number of benzene rings is 2. The zero-order chi connectivity index (χ0) is 13.9. The normalized spacial score (nSPS) is 21.9. The third-order valence-electron chi connectivity index (χ3n) is 3.78. The lowest BCUT2D eigenvalue weighted by Gasteiger charge is -2.21. The van der Waals surface area contributed by atoms with Gasteiger partial charge in [0.1, 0.15) is 6.10 Å². The van der Waals surface area contributed by atoms with Gasteiger partial charge in [0, 0.05) is 7.05 Å². The first-order chi connectivity index (χ1) is 9.75. The molecule has 2 aromatic carbocycles. The summed E-state index contributed by atoms with van der Waals surface area (Å²) in [5.41, 5.74) is 2.26. The molecule has 3 heteroatoms. The Morgan fingerprint density at radius 3 is 2.25 bits per heavy atom. The summed E-state index contributed by atoms with van der Waals surface area (Å²) in [7, 11) is 1.80. The summed E-state index contributed by atoms with van der Waals surface area (Å²) < 4.78 is 5.53. The fraction of sp³-hybridized carbons (Fsp3) is 0.235. The van der Waals surface area contributed by atoms with Crippen molar-refractivity contribution in [3.63, 3.8) is 0 Å². The van der Waals surface area contributed by atoms with Crippen LogP contribution in [-0.4, -0.2) is 24.1 Å². The molecular formula is C17H17NO2. The van der Waals surface area contributed by atoms with Gasteiger partial charge in [0.2, 0.25) is 0 Å². The van der Waals surface area contributed by atoms with Gasteiger partial charge >= 0.3 is 6.09 Å². The molecule has 0 saturated carbocycles. The minimum Gasteiger partial charge on any atom is -0.439 e. The lowest BCUT2D eigenvalue weighted by atomic mass is 9.96. The van der Waals surface area contributed by atoms with Crippen LogP contribution in [-0.2, 0) is 11.2 Å². The zero-order valence-electron chi connectivity index (χ0n) is 11.4. The van der Waals surface area contributed by atoms with Crippen molar-refractivity contribution in [1.82, 2.24) is 4.90 Å². The topological polar surface area (TPSA) is 29.5 Å². The van der Waals surface area contributed by atoms with Crippen molar-refractivity contribution in [1.29, 1.82) is 0 Å². The van der Waals surface area contributed by atoms with Crippen molar-refractivity contribution in [2.45, 2.75) is 18.6 Å². The number of rotatable bonds is 3.